The summed E-state index contributed by atoms with van der Waals surface area (Å²) in [5, 5.41) is 0. The molecule has 0 aliphatic carbocycles. The van der Waals surface area contributed by atoms with Gasteiger partial charge in [0.15, 0.2) is 0 Å². The first-order valence-corrected chi connectivity index (χ1v) is 27.0. The third-order valence-electron chi connectivity index (χ3n) is 12.4. The van der Waals surface area contributed by atoms with Gasteiger partial charge in [0.05, 0.1) is 13.1 Å². The molecule has 0 unspecified atom stereocenters. The molecule has 0 fully saturated rings. The third-order valence-corrected chi connectivity index (χ3v) is 12.4. The van der Waals surface area contributed by atoms with Gasteiger partial charge in [-0.15, -0.1) is 0 Å². The molecule has 0 saturated carbocycles. The quantitative estimate of drug-likeness (QED) is 0.0921. The van der Waals surface area contributed by atoms with Crippen molar-refractivity contribution in [3.63, 3.8) is 0 Å². The average Bonchev–Trinajstić information content (AvgIpc) is 3.20. The first-order valence-electron chi connectivity index (χ1n) is 27.0. The zero-order chi connectivity index (χ0) is 61.1. The Morgan fingerprint density at radius 1 is 0.342 bits per heavy atom. The van der Waals surface area contributed by atoms with Gasteiger partial charge >= 0.3 is 35.5 Å². The van der Waals surface area contributed by atoms with E-state index in [-0.39, 0.29) is 22.8 Å². The van der Waals surface area contributed by atoms with Crippen molar-refractivity contribution in [2.24, 2.45) is 0 Å². The minimum atomic E-state index is -1.21. The van der Waals surface area contributed by atoms with Gasteiger partial charge in [0.1, 0.15) is 34.1 Å². The Kier molecular flexibility index (Phi) is 18.0. The van der Waals surface area contributed by atoms with Gasteiger partial charge in [-0.05, 0) is 142 Å². The van der Waals surface area contributed by atoms with Crippen LogP contribution in [0.3, 0.4) is 0 Å². The van der Waals surface area contributed by atoms with Gasteiger partial charge in [-0.3, -0.25) is 4.79 Å². The van der Waals surface area contributed by atoms with Crippen LogP contribution in [0.1, 0.15) is 242 Å². The Morgan fingerprint density at radius 2 is 0.557 bits per heavy atom. The van der Waals surface area contributed by atoms with Crippen molar-refractivity contribution in [3.05, 3.63) is 118 Å². The highest BCUT2D eigenvalue weighted by atomic mass is 16.7. The van der Waals surface area contributed by atoms with Crippen LogP contribution in [-0.2, 0) is 59.8 Å². The van der Waals surface area contributed by atoms with Crippen molar-refractivity contribution in [2.45, 2.75) is 249 Å². The Balaban J connectivity index is 2.23. The molecule has 1 aromatic heterocycles. The maximum absolute atomic E-state index is 15.5. The SMILES string of the molecule is CC(C)(C)OC(=O)Oc1c(C(C)(C)C)cc(Cn2c(=O)n(Cc3cc(C(C)(C)C)c(OC(=O)OC(C)(C)C)c(C(C)(C)C)c3)c(=O)n(C(=O)c3cc(C(C)(C)C)c(OC(=O)OC(C)(C)C)c(C(C)(C)C)c3)c2=O)cc1C(C)(C)C. The molecule has 0 saturated heterocycles. The number of benzene rings is 3. The van der Waals surface area contributed by atoms with E-state index < -0.39 is 104 Å². The van der Waals surface area contributed by atoms with Crippen LogP contribution in [0.25, 0.3) is 0 Å². The van der Waals surface area contributed by atoms with Gasteiger partial charge in [0.25, 0.3) is 5.91 Å². The third kappa shape index (κ3) is 16.6. The molecule has 4 aromatic rings. The summed E-state index contributed by atoms with van der Waals surface area (Å²) in [5.41, 5.74) is -6.53. The monoisotopic (exact) mass is 1100 g/mol. The minimum Gasteiger partial charge on any atom is -0.428 e. The summed E-state index contributed by atoms with van der Waals surface area (Å²) in [6.45, 7) is 49.0. The van der Waals surface area contributed by atoms with Crippen molar-refractivity contribution < 1.29 is 47.6 Å². The summed E-state index contributed by atoms with van der Waals surface area (Å²) in [5.74, 6) is -0.368. The van der Waals surface area contributed by atoms with Crippen LogP contribution in [0.2, 0.25) is 0 Å². The Bertz CT molecular complexity index is 2940. The highest BCUT2D eigenvalue weighted by molar-refractivity contribution is 5.96. The van der Waals surface area contributed by atoms with Crippen LogP contribution in [-0.4, -0.2) is 54.9 Å². The topological polar surface area (TPSA) is 190 Å². The van der Waals surface area contributed by atoms with Crippen molar-refractivity contribution in [1.29, 1.82) is 0 Å². The fraction of sp³-hybridized carbons (Fsp3) is 0.603. The minimum absolute atomic E-state index is 0.0929. The maximum atomic E-state index is 15.5. The lowest BCUT2D eigenvalue weighted by Gasteiger charge is -2.31. The van der Waals surface area contributed by atoms with Crippen LogP contribution in [0, 0.1) is 0 Å². The lowest BCUT2D eigenvalue weighted by molar-refractivity contribution is 0.0185. The maximum Gasteiger partial charge on any atom is 0.514 e. The van der Waals surface area contributed by atoms with Crippen molar-refractivity contribution in [3.8, 4) is 17.2 Å². The standard InChI is InChI=1S/C63H91N3O13/c1-55(2,3)39-28-36(29-40(56(4,5)6)45(39)74-52(71)77-61(19,20)21)34-64-49(68)65(35-37-30-41(57(7,8)9)46(42(31-37)58(10,11)12)75-53(72)78-62(22,23)24)51(70)66(50(64)69)48(67)38-32-43(59(13,14)15)47(44(33-38)60(16,17)18)76-54(73)79-63(25,26)27/h28-33H,34-35H2,1-27H3. The fourth-order valence-corrected chi connectivity index (χ4v) is 8.62. The zero-order valence-electron chi connectivity index (χ0n) is 52.5. The molecule has 16 heteroatoms. The van der Waals surface area contributed by atoms with E-state index in [4.69, 9.17) is 28.4 Å². The van der Waals surface area contributed by atoms with E-state index in [1.807, 2.05) is 125 Å². The Labute approximate surface area is 468 Å². The van der Waals surface area contributed by atoms with E-state index in [0.717, 1.165) is 9.13 Å². The molecule has 4 rings (SSSR count). The largest absolute Gasteiger partial charge is 0.514 e. The number of aromatic nitrogens is 3. The second kappa shape index (κ2) is 21.9. The van der Waals surface area contributed by atoms with Crippen LogP contribution >= 0.6 is 0 Å². The number of hydrogen-bond donors (Lipinski definition) is 0. The molecule has 0 spiro atoms. The normalized spacial score (nSPS) is 13.2. The molecule has 0 bridgehead atoms. The van der Waals surface area contributed by atoms with Crippen molar-refractivity contribution >= 4 is 24.4 Å². The molecular formula is C63H91N3O13. The lowest BCUT2D eigenvalue weighted by atomic mass is 9.78. The highest BCUT2D eigenvalue weighted by Gasteiger charge is 2.36. The zero-order valence-corrected chi connectivity index (χ0v) is 52.5. The summed E-state index contributed by atoms with van der Waals surface area (Å²) in [7, 11) is 0. The smallest absolute Gasteiger partial charge is 0.428 e. The highest BCUT2D eigenvalue weighted by Crippen LogP contribution is 2.44. The number of hydrogen-bond acceptors (Lipinski definition) is 13. The first kappa shape index (κ1) is 65.1. The predicted octanol–water partition coefficient (Wildman–Crippen LogP) is 13.7. The molecule has 0 aliphatic heterocycles. The molecule has 0 atom stereocenters. The van der Waals surface area contributed by atoms with E-state index in [1.165, 1.54) is 12.1 Å². The lowest BCUT2D eigenvalue weighted by Crippen LogP contribution is -2.56. The van der Waals surface area contributed by atoms with Crippen LogP contribution in [0.15, 0.2) is 50.8 Å². The fourth-order valence-electron chi connectivity index (χ4n) is 8.62. The molecule has 0 amide bonds. The van der Waals surface area contributed by atoms with Gasteiger partial charge in [0.2, 0.25) is 0 Å². The Morgan fingerprint density at radius 3 is 0.759 bits per heavy atom. The van der Waals surface area contributed by atoms with E-state index in [1.54, 1.807) is 86.6 Å². The van der Waals surface area contributed by atoms with Crippen molar-refractivity contribution in [2.75, 3.05) is 0 Å². The van der Waals surface area contributed by atoms with Gasteiger partial charge in [-0.1, -0.05) is 125 Å². The molecule has 79 heavy (non-hydrogen) atoms. The predicted molar refractivity (Wildman–Crippen MR) is 309 cm³/mol. The van der Waals surface area contributed by atoms with E-state index >= 15 is 19.2 Å². The second-order valence-corrected chi connectivity index (χ2v) is 29.8. The first-order chi connectivity index (χ1) is 35.2. The van der Waals surface area contributed by atoms with Crippen LogP contribution in [0.4, 0.5) is 14.4 Å². The van der Waals surface area contributed by atoms with Gasteiger partial charge in [0, 0.05) is 38.9 Å². The van der Waals surface area contributed by atoms with Crippen LogP contribution in [0.5, 0.6) is 17.2 Å². The second-order valence-electron chi connectivity index (χ2n) is 29.8. The van der Waals surface area contributed by atoms with Gasteiger partial charge in [-0.2, -0.15) is 4.57 Å². The molecule has 0 aliphatic rings. The summed E-state index contributed by atoms with van der Waals surface area (Å²) < 4.78 is 37.0. The molecule has 0 N–H and O–H groups in total. The summed E-state index contributed by atoms with van der Waals surface area (Å²) in [6, 6.07) is 9.95. The Hall–Kier alpha value is -6.45. The summed E-state index contributed by atoms with van der Waals surface area (Å²) in [6.07, 6.45) is -2.79. The van der Waals surface area contributed by atoms with E-state index in [0.29, 0.717) is 49.1 Å². The number of carbonyl (C=O) groups is 4. The summed E-state index contributed by atoms with van der Waals surface area (Å²) >= 11 is 0. The molecule has 1 heterocycles. The van der Waals surface area contributed by atoms with E-state index in [9.17, 15) is 14.4 Å². The molecule has 0 radical (unpaired) electrons. The van der Waals surface area contributed by atoms with Crippen LogP contribution < -0.4 is 31.3 Å². The molecular weight excluding hydrogens is 1010 g/mol. The average molecular weight is 1100 g/mol. The number of ether oxygens (including phenoxy) is 6. The molecule has 436 valence electrons. The van der Waals surface area contributed by atoms with Gasteiger partial charge in [-0.25, -0.2) is 37.9 Å². The summed E-state index contributed by atoms with van der Waals surface area (Å²) in [4.78, 5) is 102. The molecule has 16 nitrogen and oxygen atoms in total. The number of rotatable bonds is 8. The van der Waals surface area contributed by atoms with E-state index in [2.05, 4.69) is 0 Å². The number of carbonyl (C=O) groups excluding carboxylic acids is 4. The molecule has 3 aromatic carbocycles. The number of nitrogens with zero attached hydrogens (tertiary/aromatic N) is 3. The van der Waals surface area contributed by atoms with Gasteiger partial charge < -0.3 is 28.4 Å². The van der Waals surface area contributed by atoms with Crippen molar-refractivity contribution in [1.82, 2.24) is 13.7 Å².